The second-order valence-electron chi connectivity index (χ2n) is 4.40. The van der Waals surface area contributed by atoms with Gasteiger partial charge in [-0.15, -0.1) is 0 Å². The average Bonchev–Trinajstić information content (AvgIpc) is 2.36. The van der Waals surface area contributed by atoms with Crippen LogP contribution < -0.4 is 10.6 Å². The van der Waals surface area contributed by atoms with E-state index >= 15 is 0 Å². The molecule has 0 saturated heterocycles. The number of aliphatic hydroxyl groups is 1. The van der Waals surface area contributed by atoms with Crippen LogP contribution in [0.4, 0.5) is 5.69 Å². The highest BCUT2D eigenvalue weighted by Crippen LogP contribution is 2.30. The molecule has 2 aromatic carbocycles. The van der Waals surface area contributed by atoms with Crippen LogP contribution in [0, 0.1) is 0 Å². The molecule has 0 unspecified atom stereocenters. The summed E-state index contributed by atoms with van der Waals surface area (Å²) in [6.45, 7) is -0.0364. The predicted molar refractivity (Wildman–Crippen MR) is 72.3 cm³/mol. The number of benzene rings is 2. The molecule has 0 aliphatic carbocycles. The lowest BCUT2D eigenvalue weighted by Crippen LogP contribution is -2.16. The van der Waals surface area contributed by atoms with E-state index in [9.17, 15) is 5.11 Å². The van der Waals surface area contributed by atoms with Crippen LogP contribution in [-0.4, -0.2) is 25.8 Å². The minimum atomic E-state index is -0.323. The van der Waals surface area contributed by atoms with E-state index in [-0.39, 0.29) is 12.6 Å². The van der Waals surface area contributed by atoms with Gasteiger partial charge in [-0.3, -0.25) is 0 Å². The largest absolute Gasteiger partial charge is 0.394 e. The Balaban J connectivity index is 2.70. The SMILES string of the molecule is CN(C)c1ccc([C@@H](N)CO)c2ccccc12. The lowest BCUT2D eigenvalue weighted by atomic mass is 9.98. The first kappa shape index (κ1) is 11.9. The molecule has 0 amide bonds. The van der Waals surface area contributed by atoms with Crippen molar-refractivity contribution in [3.8, 4) is 0 Å². The van der Waals surface area contributed by atoms with E-state index < -0.39 is 0 Å². The summed E-state index contributed by atoms with van der Waals surface area (Å²) in [4.78, 5) is 2.08. The number of anilines is 1. The molecule has 3 heteroatoms. The fourth-order valence-corrected chi connectivity index (χ4v) is 2.12. The van der Waals surface area contributed by atoms with Gasteiger partial charge in [-0.1, -0.05) is 30.3 Å². The smallest absolute Gasteiger partial charge is 0.0624 e. The zero-order chi connectivity index (χ0) is 12.4. The third-order valence-corrected chi connectivity index (χ3v) is 3.01. The van der Waals surface area contributed by atoms with Crippen LogP contribution in [0.3, 0.4) is 0 Å². The summed E-state index contributed by atoms with van der Waals surface area (Å²) in [5.74, 6) is 0. The Bertz CT molecular complexity index is 523. The molecule has 0 aliphatic rings. The number of fused-ring (bicyclic) bond motifs is 1. The first-order chi connectivity index (χ1) is 8.15. The van der Waals surface area contributed by atoms with E-state index in [1.807, 2.05) is 44.4 Å². The van der Waals surface area contributed by atoms with E-state index in [2.05, 4.69) is 11.0 Å². The van der Waals surface area contributed by atoms with Gasteiger partial charge in [0.1, 0.15) is 0 Å². The van der Waals surface area contributed by atoms with Crippen LogP contribution in [-0.2, 0) is 0 Å². The molecule has 3 nitrogen and oxygen atoms in total. The van der Waals surface area contributed by atoms with E-state index in [0.717, 1.165) is 16.6 Å². The molecule has 0 bridgehead atoms. The van der Waals surface area contributed by atoms with Crippen molar-refractivity contribution in [3.63, 3.8) is 0 Å². The van der Waals surface area contributed by atoms with Crippen LogP contribution in [0.1, 0.15) is 11.6 Å². The molecule has 3 N–H and O–H groups in total. The molecule has 0 saturated carbocycles. The van der Waals surface area contributed by atoms with E-state index in [1.54, 1.807) is 0 Å². The summed E-state index contributed by atoms with van der Waals surface area (Å²) >= 11 is 0. The molecule has 0 radical (unpaired) electrons. The lowest BCUT2D eigenvalue weighted by Gasteiger charge is -2.19. The van der Waals surface area contributed by atoms with Gasteiger partial charge >= 0.3 is 0 Å². The minimum absolute atomic E-state index is 0.0364. The highest BCUT2D eigenvalue weighted by molar-refractivity contribution is 5.96. The minimum Gasteiger partial charge on any atom is -0.394 e. The Hall–Kier alpha value is -1.58. The van der Waals surface area contributed by atoms with Crippen molar-refractivity contribution in [1.82, 2.24) is 0 Å². The van der Waals surface area contributed by atoms with Crippen molar-refractivity contribution in [2.24, 2.45) is 5.73 Å². The monoisotopic (exact) mass is 230 g/mol. The maximum absolute atomic E-state index is 9.19. The molecular formula is C14H18N2O. The van der Waals surface area contributed by atoms with E-state index in [1.165, 1.54) is 5.39 Å². The molecule has 0 aliphatic heterocycles. The molecule has 0 heterocycles. The fraction of sp³-hybridized carbons (Fsp3) is 0.286. The third kappa shape index (κ3) is 2.12. The number of nitrogens with zero attached hydrogens (tertiary/aromatic N) is 1. The maximum atomic E-state index is 9.19. The maximum Gasteiger partial charge on any atom is 0.0624 e. The summed E-state index contributed by atoms with van der Waals surface area (Å²) in [7, 11) is 4.04. The van der Waals surface area contributed by atoms with Gasteiger partial charge < -0.3 is 15.7 Å². The topological polar surface area (TPSA) is 49.5 Å². The van der Waals surface area contributed by atoms with Crippen LogP contribution in [0.15, 0.2) is 36.4 Å². The standard InChI is InChI=1S/C14H18N2O/c1-16(2)14-8-7-11(13(15)9-17)10-5-3-4-6-12(10)14/h3-8,13,17H,9,15H2,1-2H3/t13-/m0/s1. The van der Waals surface area contributed by atoms with Crippen LogP contribution in [0.5, 0.6) is 0 Å². The molecule has 2 rings (SSSR count). The Morgan fingerprint density at radius 1 is 1.12 bits per heavy atom. The first-order valence-corrected chi connectivity index (χ1v) is 5.70. The first-order valence-electron chi connectivity index (χ1n) is 5.70. The number of hydrogen-bond donors (Lipinski definition) is 2. The zero-order valence-electron chi connectivity index (χ0n) is 10.2. The lowest BCUT2D eigenvalue weighted by molar-refractivity contribution is 0.268. The molecule has 17 heavy (non-hydrogen) atoms. The average molecular weight is 230 g/mol. The Morgan fingerprint density at radius 2 is 1.76 bits per heavy atom. The van der Waals surface area contributed by atoms with E-state index in [0.29, 0.717) is 0 Å². The molecule has 0 spiro atoms. The van der Waals surface area contributed by atoms with Crippen LogP contribution >= 0.6 is 0 Å². The van der Waals surface area contributed by atoms with Gasteiger partial charge in [0, 0.05) is 25.2 Å². The highest BCUT2D eigenvalue weighted by Gasteiger charge is 2.11. The summed E-state index contributed by atoms with van der Waals surface area (Å²) in [5.41, 5.74) is 8.08. The second kappa shape index (κ2) is 4.73. The van der Waals surface area contributed by atoms with Gasteiger partial charge in [-0.05, 0) is 17.0 Å². The highest BCUT2D eigenvalue weighted by atomic mass is 16.3. The van der Waals surface area contributed by atoms with Gasteiger partial charge in [0.05, 0.1) is 12.6 Å². The van der Waals surface area contributed by atoms with Gasteiger partial charge in [-0.25, -0.2) is 0 Å². The predicted octanol–water partition coefficient (Wildman–Crippen LogP) is 1.90. The number of nitrogens with two attached hydrogens (primary N) is 1. The quantitative estimate of drug-likeness (QED) is 0.846. The molecule has 0 fully saturated rings. The molecule has 2 aromatic rings. The Morgan fingerprint density at radius 3 is 2.35 bits per heavy atom. The summed E-state index contributed by atoms with van der Waals surface area (Å²) < 4.78 is 0. The molecule has 90 valence electrons. The van der Waals surface area contributed by atoms with Crippen molar-refractivity contribution in [3.05, 3.63) is 42.0 Å². The zero-order valence-corrected chi connectivity index (χ0v) is 10.2. The third-order valence-electron chi connectivity index (χ3n) is 3.01. The Labute approximate surface area is 101 Å². The van der Waals surface area contributed by atoms with Crippen molar-refractivity contribution < 1.29 is 5.11 Å². The van der Waals surface area contributed by atoms with Crippen molar-refractivity contribution in [1.29, 1.82) is 0 Å². The molecule has 1 atom stereocenters. The van der Waals surface area contributed by atoms with Crippen molar-refractivity contribution >= 4 is 16.5 Å². The van der Waals surface area contributed by atoms with Crippen molar-refractivity contribution in [2.75, 3.05) is 25.6 Å². The Kier molecular flexibility index (Phi) is 3.31. The summed E-state index contributed by atoms with van der Waals surface area (Å²) in [5, 5.41) is 11.5. The fourth-order valence-electron chi connectivity index (χ4n) is 2.12. The number of hydrogen-bond acceptors (Lipinski definition) is 3. The second-order valence-corrected chi connectivity index (χ2v) is 4.40. The van der Waals surface area contributed by atoms with Gasteiger partial charge in [0.25, 0.3) is 0 Å². The molecule has 0 aromatic heterocycles. The van der Waals surface area contributed by atoms with Crippen LogP contribution in [0.25, 0.3) is 10.8 Å². The van der Waals surface area contributed by atoms with Gasteiger partial charge in [-0.2, -0.15) is 0 Å². The van der Waals surface area contributed by atoms with E-state index in [4.69, 9.17) is 5.73 Å². The number of aliphatic hydroxyl groups excluding tert-OH is 1. The summed E-state index contributed by atoms with van der Waals surface area (Å²) in [6, 6.07) is 11.9. The van der Waals surface area contributed by atoms with Gasteiger partial charge in [0.15, 0.2) is 0 Å². The normalized spacial score (nSPS) is 12.7. The number of rotatable bonds is 3. The van der Waals surface area contributed by atoms with Crippen LogP contribution in [0.2, 0.25) is 0 Å². The molecular weight excluding hydrogens is 212 g/mol. The van der Waals surface area contributed by atoms with Gasteiger partial charge in [0.2, 0.25) is 0 Å². The van der Waals surface area contributed by atoms with Crippen molar-refractivity contribution in [2.45, 2.75) is 6.04 Å². The summed E-state index contributed by atoms with van der Waals surface area (Å²) in [6.07, 6.45) is 0.